The molecule has 2 aromatic heterocycles. The summed E-state index contributed by atoms with van der Waals surface area (Å²) in [5, 5.41) is 4.46. The Bertz CT molecular complexity index is 1190. The van der Waals surface area contributed by atoms with Crippen LogP contribution in [0.1, 0.15) is 38.5 Å². The molecule has 36 heavy (non-hydrogen) atoms. The molecule has 0 aliphatic heterocycles. The van der Waals surface area contributed by atoms with Crippen molar-refractivity contribution < 1.29 is 9.47 Å². The van der Waals surface area contributed by atoms with Crippen molar-refractivity contribution in [1.82, 2.24) is 19.1 Å². The number of hydrogen-bond acceptors (Lipinski definition) is 4. The molecular weight excluding hydrogens is 448 g/mol. The van der Waals surface area contributed by atoms with Gasteiger partial charge >= 0.3 is 0 Å². The molecule has 0 fully saturated rings. The van der Waals surface area contributed by atoms with Gasteiger partial charge in [-0.2, -0.15) is 0 Å². The van der Waals surface area contributed by atoms with Gasteiger partial charge < -0.3 is 18.6 Å². The highest BCUT2D eigenvalue weighted by molar-refractivity contribution is 6.11. The fourth-order valence-corrected chi connectivity index (χ4v) is 4.69. The van der Waals surface area contributed by atoms with E-state index in [2.05, 4.69) is 67.6 Å². The van der Waals surface area contributed by atoms with E-state index in [9.17, 15) is 0 Å². The van der Waals surface area contributed by atoms with Crippen LogP contribution in [0.5, 0.6) is 11.5 Å². The molecule has 6 heteroatoms. The number of ether oxygens (including phenoxy) is 2. The Morgan fingerprint density at radius 3 is 1.31 bits per heavy atom. The Kier molecular flexibility index (Phi) is 8.14. The number of unbranched alkanes of at least 4 members (excludes halogenated alkanes) is 4. The summed E-state index contributed by atoms with van der Waals surface area (Å²) in [6, 6.07) is 16.9. The highest BCUT2D eigenvalue weighted by Crippen LogP contribution is 2.42. The van der Waals surface area contributed by atoms with Gasteiger partial charge in [-0.1, -0.05) is 48.5 Å². The number of imidazole rings is 2. The standard InChI is InChI=1S/C30H34N4O2/c1(7-17-33-19-15-31-23-33)9-21-35-29-25-11-3-5-13-27(25)30(28-14-6-4-12-26(28)29)36-22-10-2-8-18-34-20-16-32-24-34/h3-6,11-16,19-20,23-24H,1-2,7-10,17-18,21-22H2. The molecule has 2 heterocycles. The van der Waals surface area contributed by atoms with E-state index >= 15 is 0 Å². The van der Waals surface area contributed by atoms with Crippen LogP contribution in [-0.4, -0.2) is 32.3 Å². The Balaban J connectivity index is 1.23. The maximum atomic E-state index is 6.44. The molecule has 0 amide bonds. The average molecular weight is 483 g/mol. The van der Waals surface area contributed by atoms with Gasteiger partial charge in [0, 0.05) is 59.4 Å². The van der Waals surface area contributed by atoms with Crippen LogP contribution < -0.4 is 9.47 Å². The van der Waals surface area contributed by atoms with Gasteiger partial charge in [0.15, 0.2) is 0 Å². The minimum Gasteiger partial charge on any atom is -0.492 e. The Hall–Kier alpha value is -3.80. The van der Waals surface area contributed by atoms with E-state index in [0.717, 1.165) is 84.7 Å². The molecule has 0 aliphatic rings. The number of hydrogen-bond donors (Lipinski definition) is 0. The van der Waals surface area contributed by atoms with Crippen LogP contribution in [0.3, 0.4) is 0 Å². The highest BCUT2D eigenvalue weighted by Gasteiger charge is 2.15. The first-order valence-electron chi connectivity index (χ1n) is 13.0. The molecule has 0 N–H and O–H groups in total. The molecule has 0 saturated carbocycles. The van der Waals surface area contributed by atoms with Gasteiger partial charge in [0.1, 0.15) is 11.5 Å². The SMILES string of the molecule is c1ccc2c(OCCCCCn3ccnc3)c3ccccc3c(OCCCCCn3ccnc3)c2c1. The molecule has 0 bridgehead atoms. The molecule has 0 saturated heterocycles. The van der Waals surface area contributed by atoms with Crippen molar-refractivity contribution >= 4 is 21.5 Å². The van der Waals surface area contributed by atoms with Crippen molar-refractivity contribution in [3.05, 3.63) is 86.0 Å². The summed E-state index contributed by atoms with van der Waals surface area (Å²) < 4.78 is 17.1. The second kappa shape index (κ2) is 12.2. The van der Waals surface area contributed by atoms with Gasteiger partial charge in [-0.25, -0.2) is 9.97 Å². The van der Waals surface area contributed by atoms with Crippen LogP contribution in [0.25, 0.3) is 21.5 Å². The van der Waals surface area contributed by atoms with Gasteiger partial charge in [-0.15, -0.1) is 0 Å². The number of benzene rings is 3. The molecule has 0 unspecified atom stereocenters. The van der Waals surface area contributed by atoms with Crippen molar-refractivity contribution in [2.24, 2.45) is 0 Å². The van der Waals surface area contributed by atoms with Gasteiger partial charge in [-0.3, -0.25) is 0 Å². The number of fused-ring (bicyclic) bond motifs is 2. The van der Waals surface area contributed by atoms with Crippen molar-refractivity contribution in [3.63, 3.8) is 0 Å². The smallest absolute Gasteiger partial charge is 0.135 e. The summed E-state index contributed by atoms with van der Waals surface area (Å²) in [4.78, 5) is 8.22. The van der Waals surface area contributed by atoms with Gasteiger partial charge in [0.25, 0.3) is 0 Å². The van der Waals surface area contributed by atoms with Crippen molar-refractivity contribution in [1.29, 1.82) is 0 Å². The van der Waals surface area contributed by atoms with Gasteiger partial charge in [0.05, 0.1) is 25.9 Å². The van der Waals surface area contributed by atoms with Crippen LogP contribution >= 0.6 is 0 Å². The van der Waals surface area contributed by atoms with Crippen molar-refractivity contribution in [2.45, 2.75) is 51.6 Å². The van der Waals surface area contributed by atoms with Crippen LogP contribution in [0.2, 0.25) is 0 Å². The van der Waals surface area contributed by atoms with Crippen LogP contribution in [0.4, 0.5) is 0 Å². The van der Waals surface area contributed by atoms with Crippen molar-refractivity contribution in [3.8, 4) is 11.5 Å². The molecule has 6 nitrogen and oxygen atoms in total. The Labute approximate surface area is 212 Å². The molecule has 0 spiro atoms. The van der Waals surface area contributed by atoms with E-state index < -0.39 is 0 Å². The number of nitrogens with zero attached hydrogens (tertiary/aromatic N) is 4. The predicted octanol–water partition coefficient (Wildman–Crippen LogP) is 6.88. The number of rotatable bonds is 14. The monoisotopic (exact) mass is 482 g/mol. The summed E-state index contributed by atoms with van der Waals surface area (Å²) in [5.74, 6) is 1.92. The predicted molar refractivity (Wildman–Crippen MR) is 145 cm³/mol. The highest BCUT2D eigenvalue weighted by atomic mass is 16.5. The first-order valence-corrected chi connectivity index (χ1v) is 13.0. The van der Waals surface area contributed by atoms with Crippen LogP contribution in [-0.2, 0) is 13.1 Å². The summed E-state index contributed by atoms with van der Waals surface area (Å²) >= 11 is 0. The third-order valence-corrected chi connectivity index (χ3v) is 6.57. The molecule has 0 radical (unpaired) electrons. The fraction of sp³-hybridized carbons (Fsp3) is 0.333. The number of aromatic nitrogens is 4. The lowest BCUT2D eigenvalue weighted by Crippen LogP contribution is -2.03. The molecule has 186 valence electrons. The van der Waals surface area contributed by atoms with Gasteiger partial charge in [-0.05, 0) is 38.5 Å². The third kappa shape index (κ3) is 5.88. The average Bonchev–Trinajstić information content (AvgIpc) is 3.63. The van der Waals surface area contributed by atoms with Crippen LogP contribution in [0.15, 0.2) is 86.0 Å². The van der Waals surface area contributed by atoms with E-state index in [1.54, 1.807) is 0 Å². The third-order valence-electron chi connectivity index (χ3n) is 6.57. The fourth-order valence-electron chi connectivity index (χ4n) is 4.69. The van der Waals surface area contributed by atoms with E-state index in [1.807, 2.05) is 37.4 Å². The van der Waals surface area contributed by atoms with Crippen molar-refractivity contribution in [2.75, 3.05) is 13.2 Å². The lowest BCUT2D eigenvalue weighted by atomic mass is 10.0. The van der Waals surface area contributed by atoms with Gasteiger partial charge in [0.2, 0.25) is 0 Å². The second-order valence-corrected chi connectivity index (χ2v) is 9.17. The summed E-state index contributed by atoms with van der Waals surface area (Å²) in [7, 11) is 0. The van der Waals surface area contributed by atoms with E-state index in [0.29, 0.717) is 13.2 Å². The quantitative estimate of drug-likeness (QED) is 0.128. The summed E-state index contributed by atoms with van der Waals surface area (Å²) in [6.07, 6.45) is 18.0. The first kappa shape index (κ1) is 23.9. The topological polar surface area (TPSA) is 54.1 Å². The maximum absolute atomic E-state index is 6.44. The molecular formula is C30H34N4O2. The first-order chi connectivity index (χ1) is 17.9. The zero-order chi connectivity index (χ0) is 24.4. The van der Waals surface area contributed by atoms with E-state index in [4.69, 9.17) is 9.47 Å². The zero-order valence-corrected chi connectivity index (χ0v) is 20.8. The van der Waals surface area contributed by atoms with Crippen LogP contribution in [0, 0.1) is 0 Å². The lowest BCUT2D eigenvalue weighted by Gasteiger charge is -2.18. The molecule has 5 rings (SSSR count). The Morgan fingerprint density at radius 2 is 0.944 bits per heavy atom. The Morgan fingerprint density at radius 1 is 0.528 bits per heavy atom. The normalized spacial score (nSPS) is 11.3. The minimum atomic E-state index is 0.703. The van der Waals surface area contributed by atoms with E-state index in [1.165, 1.54) is 0 Å². The van der Waals surface area contributed by atoms with E-state index in [-0.39, 0.29) is 0 Å². The lowest BCUT2D eigenvalue weighted by molar-refractivity contribution is 0.305. The summed E-state index contributed by atoms with van der Waals surface area (Å²) in [5.41, 5.74) is 0. The minimum absolute atomic E-state index is 0.703. The zero-order valence-electron chi connectivity index (χ0n) is 20.8. The molecule has 3 aromatic carbocycles. The second-order valence-electron chi connectivity index (χ2n) is 9.17. The molecule has 0 aliphatic carbocycles. The summed E-state index contributed by atoms with van der Waals surface area (Å²) in [6.45, 7) is 3.41. The maximum Gasteiger partial charge on any atom is 0.135 e. The number of aryl methyl sites for hydroxylation is 2. The molecule has 5 aromatic rings. The molecule has 0 atom stereocenters. The largest absolute Gasteiger partial charge is 0.492 e.